The Kier molecular flexibility index (Phi) is 5.81. The minimum Gasteiger partial charge on any atom is -0.495 e. The molecule has 2 aromatic rings. The van der Waals surface area contributed by atoms with Crippen molar-refractivity contribution in [1.82, 2.24) is 9.88 Å². The predicted octanol–water partition coefficient (Wildman–Crippen LogP) is 2.75. The lowest BCUT2D eigenvalue weighted by Gasteiger charge is -2.36. The standard InChI is InChI=1S/C22H25ClN4O3/c1-15-6-7-18(30-2)17(12-15)27-14-16(13-21(27)28)22(29)26-10-8-25(9-11-26)20-5-3-4-19(23)24-20/h3-7,12,16H,8-11,13-14H2,1-2H3. The Morgan fingerprint density at radius 1 is 1.17 bits per heavy atom. The number of carbonyl (C=O) groups is 2. The summed E-state index contributed by atoms with van der Waals surface area (Å²) >= 11 is 5.99. The lowest BCUT2D eigenvalue weighted by molar-refractivity contribution is -0.136. The van der Waals surface area contributed by atoms with Gasteiger partial charge in [-0.15, -0.1) is 0 Å². The zero-order valence-corrected chi connectivity index (χ0v) is 17.9. The van der Waals surface area contributed by atoms with Crippen LogP contribution in [-0.4, -0.2) is 61.5 Å². The molecule has 3 heterocycles. The monoisotopic (exact) mass is 428 g/mol. The molecular weight excluding hydrogens is 404 g/mol. The molecule has 0 radical (unpaired) electrons. The van der Waals surface area contributed by atoms with Crippen molar-refractivity contribution < 1.29 is 14.3 Å². The van der Waals surface area contributed by atoms with E-state index >= 15 is 0 Å². The summed E-state index contributed by atoms with van der Waals surface area (Å²) in [5.41, 5.74) is 1.77. The number of pyridine rings is 1. The molecule has 0 spiro atoms. The van der Waals surface area contributed by atoms with Crippen molar-refractivity contribution in [2.45, 2.75) is 13.3 Å². The number of aromatic nitrogens is 1. The number of methoxy groups -OCH3 is 1. The number of ether oxygens (including phenoxy) is 1. The highest BCUT2D eigenvalue weighted by Crippen LogP contribution is 2.34. The van der Waals surface area contributed by atoms with E-state index in [1.165, 1.54) is 0 Å². The number of halogens is 1. The van der Waals surface area contributed by atoms with Crippen LogP contribution in [0.5, 0.6) is 5.75 Å². The molecule has 2 aliphatic heterocycles. The summed E-state index contributed by atoms with van der Waals surface area (Å²) in [6, 6.07) is 11.3. The Morgan fingerprint density at radius 3 is 2.63 bits per heavy atom. The second-order valence-corrected chi connectivity index (χ2v) is 8.10. The van der Waals surface area contributed by atoms with Gasteiger partial charge in [-0.3, -0.25) is 9.59 Å². The van der Waals surface area contributed by atoms with Gasteiger partial charge in [0.15, 0.2) is 0 Å². The van der Waals surface area contributed by atoms with Gasteiger partial charge in [0.1, 0.15) is 16.7 Å². The van der Waals surface area contributed by atoms with Crippen molar-refractivity contribution in [1.29, 1.82) is 0 Å². The number of rotatable bonds is 4. The Hall–Kier alpha value is -2.80. The van der Waals surface area contributed by atoms with E-state index in [1.54, 1.807) is 18.1 Å². The highest BCUT2D eigenvalue weighted by molar-refractivity contribution is 6.29. The molecule has 1 unspecified atom stereocenters. The van der Waals surface area contributed by atoms with Gasteiger partial charge in [0, 0.05) is 39.1 Å². The van der Waals surface area contributed by atoms with Gasteiger partial charge in [-0.2, -0.15) is 0 Å². The summed E-state index contributed by atoms with van der Waals surface area (Å²) in [6.45, 7) is 4.94. The number of anilines is 2. The van der Waals surface area contributed by atoms with Crippen LogP contribution in [0.3, 0.4) is 0 Å². The molecule has 1 aromatic carbocycles. The Balaban J connectivity index is 1.41. The molecule has 2 aliphatic rings. The molecule has 158 valence electrons. The number of aryl methyl sites for hydroxylation is 1. The quantitative estimate of drug-likeness (QED) is 0.700. The first-order valence-electron chi connectivity index (χ1n) is 10.1. The van der Waals surface area contributed by atoms with Crippen LogP contribution in [0, 0.1) is 12.8 Å². The van der Waals surface area contributed by atoms with Crippen LogP contribution in [0.25, 0.3) is 0 Å². The first kappa shape index (κ1) is 20.5. The van der Waals surface area contributed by atoms with Crippen molar-refractivity contribution in [2.75, 3.05) is 49.6 Å². The minimum atomic E-state index is -0.335. The molecule has 4 rings (SSSR count). The summed E-state index contributed by atoms with van der Waals surface area (Å²) in [4.78, 5) is 35.8. The summed E-state index contributed by atoms with van der Waals surface area (Å²) in [6.07, 6.45) is 0.228. The summed E-state index contributed by atoms with van der Waals surface area (Å²) in [7, 11) is 1.59. The van der Waals surface area contributed by atoms with Crippen molar-refractivity contribution in [3.8, 4) is 5.75 Å². The van der Waals surface area contributed by atoms with Crippen molar-refractivity contribution in [3.05, 3.63) is 47.1 Å². The maximum atomic E-state index is 13.1. The third-order valence-electron chi connectivity index (χ3n) is 5.72. The Morgan fingerprint density at radius 2 is 1.93 bits per heavy atom. The minimum absolute atomic E-state index is 0.0381. The largest absolute Gasteiger partial charge is 0.495 e. The van der Waals surface area contributed by atoms with Gasteiger partial charge in [-0.25, -0.2) is 4.98 Å². The van der Waals surface area contributed by atoms with Gasteiger partial charge in [0.25, 0.3) is 0 Å². The van der Waals surface area contributed by atoms with Gasteiger partial charge in [0.05, 0.1) is 18.7 Å². The summed E-state index contributed by atoms with van der Waals surface area (Å²) in [5.74, 6) is 1.13. The fraction of sp³-hybridized carbons (Fsp3) is 0.409. The molecule has 2 fully saturated rings. The Labute approximate surface area is 181 Å². The number of hydrogen-bond acceptors (Lipinski definition) is 5. The van der Waals surface area contributed by atoms with Crippen molar-refractivity contribution >= 4 is 34.9 Å². The first-order chi connectivity index (χ1) is 14.5. The molecule has 2 amide bonds. The highest BCUT2D eigenvalue weighted by atomic mass is 35.5. The van der Waals surface area contributed by atoms with Gasteiger partial charge >= 0.3 is 0 Å². The molecule has 1 aromatic heterocycles. The molecule has 0 bridgehead atoms. The molecular formula is C22H25ClN4O3. The van der Waals surface area contributed by atoms with Crippen LogP contribution in [0.2, 0.25) is 5.15 Å². The molecule has 7 nitrogen and oxygen atoms in total. The molecule has 30 heavy (non-hydrogen) atoms. The van der Waals surface area contributed by atoms with E-state index in [-0.39, 0.29) is 24.2 Å². The lowest BCUT2D eigenvalue weighted by Crippen LogP contribution is -2.51. The predicted molar refractivity (Wildman–Crippen MR) is 116 cm³/mol. The van der Waals surface area contributed by atoms with Crippen molar-refractivity contribution in [3.63, 3.8) is 0 Å². The van der Waals surface area contributed by atoms with Crippen LogP contribution in [-0.2, 0) is 9.59 Å². The fourth-order valence-corrected chi connectivity index (χ4v) is 4.26. The lowest BCUT2D eigenvalue weighted by atomic mass is 10.1. The number of carbonyl (C=O) groups excluding carboxylic acids is 2. The third kappa shape index (κ3) is 4.07. The van der Waals surface area contributed by atoms with Gasteiger partial charge in [0.2, 0.25) is 11.8 Å². The smallest absolute Gasteiger partial charge is 0.228 e. The van der Waals surface area contributed by atoms with E-state index in [9.17, 15) is 9.59 Å². The molecule has 1 atom stereocenters. The maximum Gasteiger partial charge on any atom is 0.228 e. The van der Waals surface area contributed by atoms with Gasteiger partial charge in [-0.1, -0.05) is 23.7 Å². The number of hydrogen-bond donors (Lipinski definition) is 0. The second kappa shape index (κ2) is 8.52. The maximum absolute atomic E-state index is 13.1. The van der Waals surface area contributed by atoms with Gasteiger partial charge in [-0.05, 0) is 36.8 Å². The molecule has 0 saturated carbocycles. The van der Waals surface area contributed by atoms with Crippen LogP contribution in [0.4, 0.5) is 11.5 Å². The second-order valence-electron chi connectivity index (χ2n) is 7.71. The van der Waals surface area contributed by atoms with E-state index in [1.807, 2.05) is 42.2 Å². The average Bonchev–Trinajstić information content (AvgIpc) is 3.14. The third-order valence-corrected chi connectivity index (χ3v) is 5.93. The normalized spacial score (nSPS) is 19.4. The summed E-state index contributed by atoms with van der Waals surface area (Å²) in [5, 5.41) is 0.460. The van der Waals surface area contributed by atoms with E-state index in [4.69, 9.17) is 16.3 Å². The van der Waals surface area contributed by atoms with Crippen LogP contribution < -0.4 is 14.5 Å². The highest BCUT2D eigenvalue weighted by Gasteiger charge is 2.39. The van der Waals surface area contributed by atoms with Gasteiger partial charge < -0.3 is 19.4 Å². The van der Waals surface area contributed by atoms with E-state index in [0.29, 0.717) is 43.6 Å². The van der Waals surface area contributed by atoms with E-state index in [0.717, 1.165) is 17.1 Å². The summed E-state index contributed by atoms with van der Waals surface area (Å²) < 4.78 is 5.43. The van der Waals surface area contributed by atoms with E-state index in [2.05, 4.69) is 9.88 Å². The van der Waals surface area contributed by atoms with Crippen LogP contribution in [0.1, 0.15) is 12.0 Å². The zero-order chi connectivity index (χ0) is 21.3. The van der Waals surface area contributed by atoms with Crippen LogP contribution >= 0.6 is 11.6 Å². The number of benzene rings is 1. The molecule has 0 aliphatic carbocycles. The molecule has 0 N–H and O–H groups in total. The molecule has 2 saturated heterocycles. The zero-order valence-electron chi connectivity index (χ0n) is 17.2. The van der Waals surface area contributed by atoms with Crippen molar-refractivity contribution in [2.24, 2.45) is 5.92 Å². The SMILES string of the molecule is COc1ccc(C)cc1N1CC(C(=O)N2CCN(c3cccc(Cl)n3)CC2)CC1=O. The fourth-order valence-electron chi connectivity index (χ4n) is 4.10. The first-order valence-corrected chi connectivity index (χ1v) is 10.5. The number of piperazine rings is 1. The average molecular weight is 429 g/mol. The number of nitrogens with zero attached hydrogens (tertiary/aromatic N) is 4. The topological polar surface area (TPSA) is 66.0 Å². The number of amides is 2. The van der Waals surface area contributed by atoms with E-state index < -0.39 is 0 Å². The van der Waals surface area contributed by atoms with Crippen LogP contribution in [0.15, 0.2) is 36.4 Å². The Bertz CT molecular complexity index is 959. The molecule has 8 heteroatoms.